The van der Waals surface area contributed by atoms with E-state index in [1.165, 1.54) is 24.3 Å². The summed E-state index contributed by atoms with van der Waals surface area (Å²) < 4.78 is 33.0. The van der Waals surface area contributed by atoms with E-state index in [9.17, 15) is 13.2 Å². The Balaban J connectivity index is 0.000000960. The molecule has 1 atom stereocenters. The van der Waals surface area contributed by atoms with Crippen LogP contribution in [-0.4, -0.2) is 68.1 Å². The van der Waals surface area contributed by atoms with E-state index in [-0.39, 0.29) is 23.5 Å². The number of carboxylic acid groups (broad SMARTS) is 2. The van der Waals surface area contributed by atoms with Crippen molar-refractivity contribution in [2.45, 2.75) is 24.3 Å². The quantitative estimate of drug-likeness (QED) is 0.329. The minimum atomic E-state index is -3.62. The third-order valence-electron chi connectivity index (χ3n) is 4.12. The van der Waals surface area contributed by atoms with Crippen molar-refractivity contribution >= 4 is 39.5 Å². The molecule has 0 radical (unpaired) electrons. The number of nitrogens with one attached hydrogen (secondary N) is 2. The van der Waals surface area contributed by atoms with Crippen LogP contribution >= 0.6 is 11.6 Å². The van der Waals surface area contributed by atoms with Gasteiger partial charge in [0.2, 0.25) is 10.0 Å². The summed E-state index contributed by atoms with van der Waals surface area (Å²) >= 11 is 5.81. The fraction of sp³-hybridized carbons (Fsp3) is 0.261. The third kappa shape index (κ3) is 12.2. The summed E-state index contributed by atoms with van der Waals surface area (Å²) in [5.41, 5.74) is 0.937. The maximum absolute atomic E-state index is 12.4. The molecular weight excluding hydrogens is 514 g/mol. The summed E-state index contributed by atoms with van der Waals surface area (Å²) in [6.45, 7) is 1.69. The van der Waals surface area contributed by atoms with Crippen molar-refractivity contribution in [3.05, 3.63) is 71.5 Å². The Hall–Kier alpha value is -3.61. The van der Waals surface area contributed by atoms with E-state index in [0.29, 0.717) is 17.2 Å². The Morgan fingerprint density at radius 1 is 1.03 bits per heavy atom. The van der Waals surface area contributed by atoms with Gasteiger partial charge in [0, 0.05) is 37.6 Å². The van der Waals surface area contributed by atoms with Gasteiger partial charge in [0.15, 0.2) is 6.61 Å². The third-order valence-corrected chi connectivity index (χ3v) is 5.97. The van der Waals surface area contributed by atoms with E-state index < -0.39 is 22.0 Å². The highest BCUT2D eigenvalue weighted by molar-refractivity contribution is 7.89. The molecule has 0 saturated carbocycles. The van der Waals surface area contributed by atoms with Crippen molar-refractivity contribution in [1.29, 1.82) is 0 Å². The smallest absolute Gasteiger partial charge is 0.414 e. The van der Waals surface area contributed by atoms with Gasteiger partial charge in [0.05, 0.1) is 4.90 Å². The highest BCUT2D eigenvalue weighted by Gasteiger charge is 2.17. The van der Waals surface area contributed by atoms with Crippen LogP contribution in [0.4, 0.5) is 0 Å². The standard InChI is InChI=1S/C21H26ClN3O4S.C2H2O4/c1-16(24-30(27,28)20-10-6-18(22)7-11-20)14-17-4-8-19(9-5-17)29-15-21(26)23-12-13-25(2)3;3-1(4)2(5)6/h4-13,16,24H,14-15H2,1-3H3,(H,23,26);(H,3,4)(H,5,6)/b13-12+;. The van der Waals surface area contributed by atoms with Gasteiger partial charge >= 0.3 is 11.9 Å². The zero-order chi connectivity index (χ0) is 27.3. The first kappa shape index (κ1) is 30.4. The number of hydrogen-bond acceptors (Lipinski definition) is 7. The highest BCUT2D eigenvalue weighted by Crippen LogP contribution is 2.16. The number of rotatable bonds is 10. The number of carbonyl (C=O) groups excluding carboxylic acids is 1. The normalized spacial score (nSPS) is 11.7. The molecule has 0 aliphatic carbocycles. The monoisotopic (exact) mass is 541 g/mol. The van der Waals surface area contributed by atoms with Crippen LogP contribution in [0.2, 0.25) is 5.02 Å². The molecule has 2 aromatic rings. The Morgan fingerprint density at radius 2 is 1.58 bits per heavy atom. The van der Waals surface area contributed by atoms with Gasteiger partial charge in [-0.3, -0.25) is 4.79 Å². The lowest BCUT2D eigenvalue weighted by Crippen LogP contribution is -2.34. The fourth-order valence-electron chi connectivity index (χ4n) is 2.53. The molecule has 0 fully saturated rings. The summed E-state index contributed by atoms with van der Waals surface area (Å²) in [5, 5.41) is 17.9. The summed E-state index contributed by atoms with van der Waals surface area (Å²) in [6.07, 6.45) is 3.76. The number of ether oxygens (including phenoxy) is 1. The van der Waals surface area contributed by atoms with Crippen LogP contribution in [0.3, 0.4) is 0 Å². The fourth-order valence-corrected chi connectivity index (χ4v) is 3.90. The van der Waals surface area contributed by atoms with Crippen molar-refractivity contribution in [1.82, 2.24) is 14.9 Å². The second-order valence-electron chi connectivity index (χ2n) is 7.57. The van der Waals surface area contributed by atoms with Gasteiger partial charge in [-0.2, -0.15) is 0 Å². The van der Waals surface area contributed by atoms with E-state index in [1.54, 1.807) is 36.4 Å². The molecule has 0 spiro atoms. The lowest BCUT2D eigenvalue weighted by molar-refractivity contribution is -0.159. The second-order valence-corrected chi connectivity index (χ2v) is 9.72. The predicted molar refractivity (Wildman–Crippen MR) is 133 cm³/mol. The number of carboxylic acids is 2. The topological polar surface area (TPSA) is 162 Å². The molecule has 1 amide bonds. The van der Waals surface area contributed by atoms with Crippen molar-refractivity contribution in [3.8, 4) is 5.75 Å². The van der Waals surface area contributed by atoms with Crippen LogP contribution in [0.5, 0.6) is 5.75 Å². The van der Waals surface area contributed by atoms with Crippen molar-refractivity contribution in [3.63, 3.8) is 0 Å². The number of halogens is 1. The van der Waals surface area contributed by atoms with Crippen LogP contribution < -0.4 is 14.8 Å². The zero-order valence-electron chi connectivity index (χ0n) is 19.8. The van der Waals surface area contributed by atoms with Gasteiger partial charge in [-0.25, -0.2) is 22.7 Å². The first-order valence-electron chi connectivity index (χ1n) is 10.4. The van der Waals surface area contributed by atoms with E-state index >= 15 is 0 Å². The molecule has 13 heteroatoms. The molecule has 11 nitrogen and oxygen atoms in total. The number of aliphatic carboxylic acids is 2. The Labute approximate surface area is 214 Å². The molecule has 0 aromatic heterocycles. The average Bonchev–Trinajstić information content (AvgIpc) is 2.78. The molecule has 0 aliphatic rings. The van der Waals surface area contributed by atoms with E-state index in [1.807, 2.05) is 26.2 Å². The molecule has 1 unspecified atom stereocenters. The van der Waals surface area contributed by atoms with Gasteiger partial charge in [-0.05, 0) is 55.3 Å². The van der Waals surface area contributed by atoms with Crippen molar-refractivity contribution in [2.75, 3.05) is 20.7 Å². The summed E-state index contributed by atoms with van der Waals surface area (Å²) in [6, 6.07) is 12.9. The maximum atomic E-state index is 12.4. The second kappa shape index (κ2) is 14.7. The number of benzene rings is 2. The number of amides is 1. The van der Waals surface area contributed by atoms with Gasteiger partial charge in [0.1, 0.15) is 5.75 Å². The van der Waals surface area contributed by atoms with Gasteiger partial charge in [-0.1, -0.05) is 23.7 Å². The lowest BCUT2D eigenvalue weighted by Gasteiger charge is -2.15. The molecule has 196 valence electrons. The Bertz CT molecular complexity index is 1140. The Morgan fingerprint density at radius 3 is 2.08 bits per heavy atom. The Kier molecular flexibility index (Phi) is 12.4. The first-order valence-corrected chi connectivity index (χ1v) is 12.2. The van der Waals surface area contributed by atoms with Crippen LogP contribution in [0.1, 0.15) is 12.5 Å². The van der Waals surface area contributed by atoms with Crippen LogP contribution in [0.25, 0.3) is 0 Å². The van der Waals surface area contributed by atoms with Crippen LogP contribution in [0.15, 0.2) is 65.8 Å². The van der Waals surface area contributed by atoms with Crippen LogP contribution in [-0.2, 0) is 30.8 Å². The van der Waals surface area contributed by atoms with Crippen LogP contribution in [0, 0.1) is 0 Å². The van der Waals surface area contributed by atoms with Gasteiger partial charge in [0.25, 0.3) is 5.91 Å². The molecule has 2 rings (SSSR count). The SMILES string of the molecule is CC(Cc1ccc(OCC(=O)N/C=C/N(C)C)cc1)NS(=O)(=O)c1ccc(Cl)cc1.O=C(O)C(=O)O. The maximum Gasteiger partial charge on any atom is 0.414 e. The molecule has 0 heterocycles. The molecule has 4 N–H and O–H groups in total. The van der Waals surface area contributed by atoms with Crippen molar-refractivity contribution in [2.24, 2.45) is 0 Å². The largest absolute Gasteiger partial charge is 0.484 e. The summed E-state index contributed by atoms with van der Waals surface area (Å²) in [7, 11) is 0.0806. The first-order chi connectivity index (χ1) is 16.8. The predicted octanol–water partition coefficient (Wildman–Crippen LogP) is 1.93. The molecular formula is C23H28ClN3O8S. The number of carbonyl (C=O) groups is 3. The molecule has 0 bridgehead atoms. The number of nitrogens with zero attached hydrogens (tertiary/aromatic N) is 1. The molecule has 0 saturated heterocycles. The van der Waals surface area contributed by atoms with E-state index in [4.69, 9.17) is 36.1 Å². The minimum absolute atomic E-state index is 0.103. The van der Waals surface area contributed by atoms with E-state index in [2.05, 4.69) is 10.0 Å². The van der Waals surface area contributed by atoms with Crippen molar-refractivity contribution < 1.29 is 37.8 Å². The van der Waals surface area contributed by atoms with E-state index in [0.717, 1.165) is 5.56 Å². The number of sulfonamides is 1. The summed E-state index contributed by atoms with van der Waals surface area (Å²) in [5.74, 6) is -3.35. The molecule has 0 aliphatic heterocycles. The van der Waals surface area contributed by atoms with Gasteiger partial charge < -0.3 is 25.2 Å². The highest BCUT2D eigenvalue weighted by atomic mass is 35.5. The summed E-state index contributed by atoms with van der Waals surface area (Å²) in [4.78, 5) is 31.9. The zero-order valence-corrected chi connectivity index (χ0v) is 21.4. The average molecular weight is 542 g/mol. The molecule has 36 heavy (non-hydrogen) atoms. The number of hydrogen-bond donors (Lipinski definition) is 4. The van der Waals surface area contributed by atoms with Gasteiger partial charge in [-0.15, -0.1) is 0 Å². The lowest BCUT2D eigenvalue weighted by atomic mass is 10.1. The minimum Gasteiger partial charge on any atom is -0.484 e. The molecule has 2 aromatic carbocycles.